The van der Waals surface area contributed by atoms with Crippen LogP contribution in [0.5, 0.6) is 11.5 Å². The lowest BCUT2D eigenvalue weighted by Crippen LogP contribution is -2.28. The fraction of sp³-hybridized carbons (Fsp3) is 0.429. The van der Waals surface area contributed by atoms with E-state index in [0.29, 0.717) is 36.1 Å². The highest BCUT2D eigenvalue weighted by atomic mass is 79.9. The van der Waals surface area contributed by atoms with E-state index in [-0.39, 0.29) is 11.3 Å². The van der Waals surface area contributed by atoms with Crippen molar-refractivity contribution in [2.24, 2.45) is 16.3 Å². The molecule has 0 saturated heterocycles. The number of rotatable bonds is 8. The topological polar surface area (TPSA) is 73.1 Å². The first-order valence-corrected chi connectivity index (χ1v) is 13.8. The van der Waals surface area contributed by atoms with Crippen LogP contribution in [0.4, 0.5) is 5.00 Å². The number of hydrogen-bond donors (Lipinski definition) is 1. The van der Waals surface area contributed by atoms with Gasteiger partial charge in [0, 0.05) is 11.1 Å². The van der Waals surface area contributed by atoms with Crippen molar-refractivity contribution >= 4 is 44.4 Å². The number of hydrogen-bond acceptors (Lipinski definition) is 6. The van der Waals surface area contributed by atoms with Crippen LogP contribution in [-0.4, -0.2) is 25.8 Å². The zero-order valence-corrected chi connectivity index (χ0v) is 23.8. The number of fused-ring (bicyclic) bond motifs is 1. The van der Waals surface area contributed by atoms with Crippen molar-refractivity contribution in [3.8, 4) is 11.5 Å². The van der Waals surface area contributed by atoms with Gasteiger partial charge in [0.2, 0.25) is 0 Å². The van der Waals surface area contributed by atoms with Crippen molar-refractivity contribution in [3.63, 3.8) is 0 Å². The monoisotopic (exact) mass is 572 g/mol. The Morgan fingerprint density at radius 3 is 2.83 bits per heavy atom. The maximum Gasteiger partial charge on any atom is 0.255 e. The van der Waals surface area contributed by atoms with E-state index in [0.717, 1.165) is 45.6 Å². The van der Waals surface area contributed by atoms with Crippen LogP contribution >= 0.6 is 27.3 Å². The van der Waals surface area contributed by atoms with Gasteiger partial charge >= 0.3 is 0 Å². The minimum absolute atomic E-state index is 0.115. The number of methoxy groups -OCH3 is 1. The normalized spacial score (nSPS) is 15.7. The molecule has 0 fully saturated rings. The second-order valence-corrected chi connectivity index (χ2v) is 11.9. The van der Waals surface area contributed by atoms with Crippen LogP contribution in [0, 0.1) is 11.3 Å². The van der Waals surface area contributed by atoms with Gasteiger partial charge in [0.15, 0.2) is 11.5 Å². The van der Waals surface area contributed by atoms with Gasteiger partial charge in [-0.2, -0.15) is 0 Å². The lowest BCUT2D eigenvalue weighted by atomic mass is 9.72. The molecule has 1 amide bonds. The average molecular weight is 574 g/mol. The van der Waals surface area contributed by atoms with Crippen LogP contribution in [0.25, 0.3) is 0 Å². The fourth-order valence-electron chi connectivity index (χ4n) is 4.54. The van der Waals surface area contributed by atoms with E-state index in [4.69, 9.17) is 18.9 Å². The van der Waals surface area contributed by atoms with E-state index < -0.39 is 0 Å². The zero-order chi connectivity index (χ0) is 25.9. The third kappa shape index (κ3) is 5.86. The van der Waals surface area contributed by atoms with Gasteiger partial charge in [0.05, 0.1) is 36.6 Å². The summed E-state index contributed by atoms with van der Waals surface area (Å²) in [6.45, 7) is 9.70. The Morgan fingerprint density at radius 1 is 1.36 bits per heavy atom. The van der Waals surface area contributed by atoms with Crippen molar-refractivity contribution in [2.45, 2.75) is 53.5 Å². The Morgan fingerprint density at radius 2 is 2.17 bits per heavy atom. The molecule has 3 aromatic rings. The maximum absolute atomic E-state index is 13.4. The standard InChI is InChI=1S/C28H33BrN2O4S/c1-6-34-25-21(29)12-17(13-22(25)33-5)15-31-27-24(26(32)30-16-19-8-7-11-35-19)20-10-9-18(28(2,3)4)14-23(20)36-27/h7-8,11-13,15,18H,6,9-10,14,16H2,1-5H3,(H,30,32)/t18-/m0/s1. The molecule has 1 aliphatic carbocycles. The highest BCUT2D eigenvalue weighted by Gasteiger charge is 2.33. The number of carbonyl (C=O) groups excluding carboxylic acids is 1. The summed E-state index contributed by atoms with van der Waals surface area (Å²) < 4.78 is 17.4. The molecule has 0 spiro atoms. The molecule has 0 unspecified atom stereocenters. The molecule has 0 bridgehead atoms. The number of furan rings is 1. The summed E-state index contributed by atoms with van der Waals surface area (Å²) in [5, 5.41) is 3.75. The number of nitrogens with one attached hydrogen (secondary N) is 1. The van der Waals surface area contributed by atoms with Gasteiger partial charge in [-0.05, 0) is 88.8 Å². The largest absolute Gasteiger partial charge is 0.493 e. The molecule has 4 rings (SSSR count). The lowest BCUT2D eigenvalue weighted by molar-refractivity contribution is 0.0947. The molecule has 1 aliphatic rings. The number of ether oxygens (including phenoxy) is 2. The number of amides is 1. The molecule has 6 nitrogen and oxygen atoms in total. The summed E-state index contributed by atoms with van der Waals surface area (Å²) in [7, 11) is 1.62. The summed E-state index contributed by atoms with van der Waals surface area (Å²) in [6, 6.07) is 7.50. The number of halogens is 1. The average Bonchev–Trinajstić information content (AvgIpc) is 3.49. The Labute approximate surface area is 225 Å². The second-order valence-electron chi connectivity index (χ2n) is 9.98. The van der Waals surface area contributed by atoms with E-state index in [1.54, 1.807) is 30.9 Å². The van der Waals surface area contributed by atoms with Crippen LogP contribution < -0.4 is 14.8 Å². The van der Waals surface area contributed by atoms with E-state index in [1.165, 1.54) is 4.88 Å². The van der Waals surface area contributed by atoms with Crippen LogP contribution in [-0.2, 0) is 19.4 Å². The molecule has 1 atom stereocenters. The van der Waals surface area contributed by atoms with Gasteiger partial charge in [-0.3, -0.25) is 4.79 Å². The summed E-state index contributed by atoms with van der Waals surface area (Å²) >= 11 is 5.21. The van der Waals surface area contributed by atoms with Gasteiger partial charge in [-0.15, -0.1) is 11.3 Å². The predicted octanol–water partition coefficient (Wildman–Crippen LogP) is 7.34. The Kier molecular flexibility index (Phi) is 8.25. The molecular formula is C28H33BrN2O4S. The molecule has 8 heteroatoms. The molecule has 0 radical (unpaired) electrons. The SMILES string of the molecule is CCOc1c(Br)cc(C=Nc2sc3c(c2C(=O)NCc2ccco2)CC[C@H](C(C)(C)C)C3)cc1OC. The van der Waals surface area contributed by atoms with Gasteiger partial charge < -0.3 is 19.2 Å². The molecule has 0 saturated carbocycles. The third-order valence-corrected chi connectivity index (χ3v) is 8.32. The molecular weight excluding hydrogens is 540 g/mol. The van der Waals surface area contributed by atoms with E-state index >= 15 is 0 Å². The highest BCUT2D eigenvalue weighted by molar-refractivity contribution is 9.10. The molecule has 36 heavy (non-hydrogen) atoms. The Bertz CT molecular complexity index is 1240. The van der Waals surface area contributed by atoms with Crippen molar-refractivity contribution in [1.82, 2.24) is 5.32 Å². The summed E-state index contributed by atoms with van der Waals surface area (Å²) in [5.41, 5.74) is 2.89. The second kappa shape index (κ2) is 11.2. The minimum atomic E-state index is -0.115. The Balaban J connectivity index is 1.67. The molecule has 1 aromatic carbocycles. The Hall–Kier alpha value is -2.58. The molecule has 0 aliphatic heterocycles. The first-order valence-electron chi connectivity index (χ1n) is 12.2. The van der Waals surface area contributed by atoms with Gasteiger partial charge in [0.1, 0.15) is 10.8 Å². The van der Waals surface area contributed by atoms with E-state index in [2.05, 4.69) is 42.0 Å². The van der Waals surface area contributed by atoms with Crippen molar-refractivity contribution < 1.29 is 18.7 Å². The predicted molar refractivity (Wildman–Crippen MR) is 148 cm³/mol. The lowest BCUT2D eigenvalue weighted by Gasteiger charge is -2.33. The van der Waals surface area contributed by atoms with Crippen molar-refractivity contribution in [2.75, 3.05) is 13.7 Å². The van der Waals surface area contributed by atoms with Crippen LogP contribution in [0.2, 0.25) is 0 Å². The molecule has 192 valence electrons. The minimum Gasteiger partial charge on any atom is -0.493 e. The molecule has 2 aromatic heterocycles. The number of carbonyl (C=O) groups is 1. The molecule has 1 N–H and O–H groups in total. The third-order valence-electron chi connectivity index (χ3n) is 6.57. The van der Waals surface area contributed by atoms with Crippen molar-refractivity contribution in [3.05, 3.63) is 62.3 Å². The summed E-state index contributed by atoms with van der Waals surface area (Å²) in [4.78, 5) is 19.5. The van der Waals surface area contributed by atoms with Gasteiger partial charge in [0.25, 0.3) is 5.91 Å². The number of aliphatic imine (C=N–C) groups is 1. The van der Waals surface area contributed by atoms with E-state index in [9.17, 15) is 4.79 Å². The maximum atomic E-state index is 13.4. The zero-order valence-electron chi connectivity index (χ0n) is 21.4. The highest BCUT2D eigenvalue weighted by Crippen LogP contribution is 2.45. The molecule has 2 heterocycles. The number of benzene rings is 1. The van der Waals surface area contributed by atoms with Gasteiger partial charge in [-0.1, -0.05) is 20.8 Å². The number of thiophene rings is 1. The summed E-state index contributed by atoms with van der Waals surface area (Å²) in [5.74, 6) is 2.47. The quantitative estimate of drug-likeness (QED) is 0.286. The fourth-order valence-corrected chi connectivity index (χ4v) is 6.38. The van der Waals surface area contributed by atoms with Crippen molar-refractivity contribution in [1.29, 1.82) is 0 Å². The van der Waals surface area contributed by atoms with Crippen LogP contribution in [0.3, 0.4) is 0 Å². The van der Waals surface area contributed by atoms with Gasteiger partial charge in [-0.25, -0.2) is 4.99 Å². The van der Waals surface area contributed by atoms with Crippen LogP contribution in [0.1, 0.15) is 66.2 Å². The number of nitrogens with zero attached hydrogens (tertiary/aromatic N) is 1. The first-order chi connectivity index (χ1) is 17.2. The smallest absolute Gasteiger partial charge is 0.255 e. The van der Waals surface area contributed by atoms with E-state index in [1.807, 2.05) is 31.2 Å². The first kappa shape index (κ1) is 26.5. The van der Waals surface area contributed by atoms with Crippen LogP contribution in [0.15, 0.2) is 44.4 Å². The summed E-state index contributed by atoms with van der Waals surface area (Å²) in [6.07, 6.45) is 6.32.